The second kappa shape index (κ2) is 8.48. The Labute approximate surface area is 147 Å². The number of hydrogen-bond donors (Lipinski definition) is 1. The Balaban J connectivity index is 0.00000200. The fourth-order valence-electron chi connectivity index (χ4n) is 2.17. The van der Waals surface area contributed by atoms with Crippen molar-refractivity contribution in [1.82, 2.24) is 10.2 Å². The minimum absolute atomic E-state index is 0. The van der Waals surface area contributed by atoms with Gasteiger partial charge >= 0.3 is 0 Å². The van der Waals surface area contributed by atoms with Gasteiger partial charge in [0.25, 0.3) is 0 Å². The van der Waals surface area contributed by atoms with Gasteiger partial charge in [-0.2, -0.15) is 23.1 Å². The third-order valence-corrected chi connectivity index (χ3v) is 5.08. The van der Waals surface area contributed by atoms with E-state index in [-0.39, 0.29) is 24.0 Å². The molecule has 0 aliphatic carbocycles. The topological polar surface area (TPSA) is 27.6 Å². The minimum atomic E-state index is 0. The molecule has 6 heteroatoms. The maximum absolute atomic E-state index is 4.77. The number of nitrogens with one attached hydrogen (secondary N) is 1. The summed E-state index contributed by atoms with van der Waals surface area (Å²) in [5.41, 5.74) is 1.30. The normalized spacial score (nSPS) is 18.6. The molecule has 1 aromatic heterocycles. The first-order chi connectivity index (χ1) is 9.11. The van der Waals surface area contributed by atoms with Crippen molar-refractivity contribution < 1.29 is 0 Å². The van der Waals surface area contributed by atoms with E-state index in [1.165, 1.54) is 11.3 Å². The largest absolute Gasteiger partial charge is 0.357 e. The molecule has 0 saturated carbocycles. The van der Waals surface area contributed by atoms with E-state index in [1.807, 2.05) is 0 Å². The lowest BCUT2D eigenvalue weighted by atomic mass is 10.2. The molecule has 1 aromatic rings. The zero-order valence-electron chi connectivity index (χ0n) is 12.4. The number of nitrogens with zero attached hydrogens (tertiary/aromatic N) is 2. The van der Waals surface area contributed by atoms with Crippen LogP contribution < -0.4 is 5.32 Å². The van der Waals surface area contributed by atoms with E-state index in [2.05, 4.69) is 59.6 Å². The van der Waals surface area contributed by atoms with Crippen molar-refractivity contribution in [2.45, 2.75) is 32.1 Å². The molecule has 0 bridgehead atoms. The molecular formula is C14H24IN3S2. The van der Waals surface area contributed by atoms with Crippen LogP contribution in [0.5, 0.6) is 0 Å². The van der Waals surface area contributed by atoms with Crippen LogP contribution in [-0.4, -0.2) is 41.0 Å². The number of hydrogen-bond acceptors (Lipinski definition) is 3. The van der Waals surface area contributed by atoms with Gasteiger partial charge in [-0.05, 0) is 43.2 Å². The van der Waals surface area contributed by atoms with Crippen molar-refractivity contribution in [2.24, 2.45) is 4.99 Å². The summed E-state index contributed by atoms with van der Waals surface area (Å²) in [4.78, 5) is 7.17. The lowest BCUT2D eigenvalue weighted by Crippen LogP contribution is -2.50. The molecule has 1 N–H and O–H groups in total. The van der Waals surface area contributed by atoms with Gasteiger partial charge in [0.1, 0.15) is 0 Å². The van der Waals surface area contributed by atoms with Crippen LogP contribution in [0, 0.1) is 0 Å². The fraction of sp³-hybridized carbons (Fsp3) is 0.643. The number of rotatable bonds is 3. The highest BCUT2D eigenvalue weighted by Crippen LogP contribution is 2.29. The van der Waals surface area contributed by atoms with Gasteiger partial charge in [0.2, 0.25) is 0 Å². The summed E-state index contributed by atoms with van der Waals surface area (Å²) in [6, 6.07) is 2.15. The molecule has 20 heavy (non-hydrogen) atoms. The first-order valence-electron chi connectivity index (χ1n) is 6.79. The van der Waals surface area contributed by atoms with Crippen LogP contribution in [0.2, 0.25) is 0 Å². The molecule has 2 heterocycles. The zero-order chi connectivity index (χ0) is 13.7. The van der Waals surface area contributed by atoms with Crippen LogP contribution in [0.1, 0.15) is 26.3 Å². The highest BCUT2D eigenvalue weighted by Gasteiger charge is 2.28. The Morgan fingerprint density at radius 3 is 2.90 bits per heavy atom. The van der Waals surface area contributed by atoms with Gasteiger partial charge in [-0.3, -0.25) is 0 Å². The van der Waals surface area contributed by atoms with E-state index in [9.17, 15) is 0 Å². The first-order valence-corrected chi connectivity index (χ1v) is 8.72. The highest BCUT2D eigenvalue weighted by atomic mass is 127. The summed E-state index contributed by atoms with van der Waals surface area (Å²) in [5, 5.41) is 7.70. The van der Waals surface area contributed by atoms with Crippen LogP contribution in [0.4, 0.5) is 0 Å². The van der Waals surface area contributed by atoms with Crippen LogP contribution in [-0.2, 0) is 6.54 Å². The standard InChI is InChI=1S/C14H23N3S2.HI/c1-4-15-13(16-9-12-5-7-18-10-12)17-6-8-19-14(2,3)11-17;/h5,7,10H,4,6,8-9,11H2,1-3H3,(H,15,16);1H. The van der Waals surface area contributed by atoms with E-state index in [0.717, 1.165) is 32.1 Å². The number of thioether (sulfide) groups is 1. The fourth-order valence-corrected chi connectivity index (χ4v) is 3.94. The first kappa shape index (κ1) is 18.1. The number of guanidine groups is 1. The lowest BCUT2D eigenvalue weighted by Gasteiger charge is -2.39. The van der Waals surface area contributed by atoms with E-state index < -0.39 is 0 Å². The van der Waals surface area contributed by atoms with Gasteiger partial charge in [0, 0.05) is 30.1 Å². The molecule has 1 aliphatic heterocycles. The van der Waals surface area contributed by atoms with Gasteiger partial charge in [0.05, 0.1) is 6.54 Å². The Morgan fingerprint density at radius 2 is 2.30 bits per heavy atom. The van der Waals surface area contributed by atoms with Crippen molar-refractivity contribution in [1.29, 1.82) is 0 Å². The van der Waals surface area contributed by atoms with E-state index in [4.69, 9.17) is 4.99 Å². The molecule has 0 amide bonds. The third kappa shape index (κ3) is 5.44. The molecule has 0 atom stereocenters. The van der Waals surface area contributed by atoms with Crippen LogP contribution in [0.15, 0.2) is 21.8 Å². The van der Waals surface area contributed by atoms with Gasteiger partial charge < -0.3 is 10.2 Å². The second-order valence-corrected chi connectivity index (χ2v) is 7.91. The molecule has 0 radical (unpaired) electrons. The number of halogens is 1. The monoisotopic (exact) mass is 425 g/mol. The van der Waals surface area contributed by atoms with Gasteiger partial charge in [-0.25, -0.2) is 4.99 Å². The molecule has 114 valence electrons. The van der Waals surface area contributed by atoms with Crippen molar-refractivity contribution in [2.75, 3.05) is 25.4 Å². The molecule has 2 rings (SSSR count). The van der Waals surface area contributed by atoms with E-state index >= 15 is 0 Å². The summed E-state index contributed by atoms with van der Waals surface area (Å²) in [6.07, 6.45) is 0. The highest BCUT2D eigenvalue weighted by molar-refractivity contribution is 14.0. The van der Waals surface area contributed by atoms with Crippen LogP contribution in [0.25, 0.3) is 0 Å². The zero-order valence-corrected chi connectivity index (χ0v) is 16.4. The predicted octanol–water partition coefficient (Wildman–Crippen LogP) is 3.66. The molecular weight excluding hydrogens is 401 g/mol. The smallest absolute Gasteiger partial charge is 0.194 e. The van der Waals surface area contributed by atoms with Crippen molar-refractivity contribution >= 4 is 53.0 Å². The van der Waals surface area contributed by atoms with Crippen molar-refractivity contribution in [3.63, 3.8) is 0 Å². The molecule has 1 fully saturated rings. The summed E-state index contributed by atoms with van der Waals surface area (Å²) < 4.78 is 0.316. The maximum atomic E-state index is 4.77. The van der Waals surface area contributed by atoms with E-state index in [0.29, 0.717) is 4.75 Å². The Hall–Kier alpha value is 0.0500. The Kier molecular flexibility index (Phi) is 7.68. The maximum Gasteiger partial charge on any atom is 0.194 e. The average Bonchev–Trinajstić information content (AvgIpc) is 2.86. The SMILES string of the molecule is CCNC(=NCc1ccsc1)N1CCSC(C)(C)C1.I. The molecule has 1 aliphatic rings. The third-order valence-electron chi connectivity index (χ3n) is 3.05. The Bertz CT molecular complexity index is 418. The molecule has 0 unspecified atom stereocenters. The van der Waals surface area contributed by atoms with Crippen molar-refractivity contribution in [3.8, 4) is 0 Å². The summed E-state index contributed by atoms with van der Waals surface area (Å²) in [5.74, 6) is 2.23. The number of aliphatic imine (C=N–C) groups is 1. The average molecular weight is 425 g/mol. The summed E-state index contributed by atoms with van der Waals surface area (Å²) in [6.45, 7) is 10.6. The molecule has 1 saturated heterocycles. The number of thiophene rings is 1. The Morgan fingerprint density at radius 1 is 1.50 bits per heavy atom. The van der Waals surface area contributed by atoms with Crippen molar-refractivity contribution in [3.05, 3.63) is 22.4 Å². The predicted molar refractivity (Wildman–Crippen MR) is 103 cm³/mol. The minimum Gasteiger partial charge on any atom is -0.357 e. The van der Waals surface area contributed by atoms with Crippen LogP contribution >= 0.6 is 47.1 Å². The molecule has 3 nitrogen and oxygen atoms in total. The second-order valence-electron chi connectivity index (χ2n) is 5.33. The van der Waals surface area contributed by atoms with Gasteiger partial charge in [-0.15, -0.1) is 24.0 Å². The van der Waals surface area contributed by atoms with Gasteiger partial charge in [0.15, 0.2) is 5.96 Å². The molecule has 0 aromatic carbocycles. The molecule has 0 spiro atoms. The van der Waals surface area contributed by atoms with Crippen LogP contribution in [0.3, 0.4) is 0 Å². The van der Waals surface area contributed by atoms with E-state index in [1.54, 1.807) is 11.3 Å². The van der Waals surface area contributed by atoms with Gasteiger partial charge in [-0.1, -0.05) is 0 Å². The summed E-state index contributed by atoms with van der Waals surface area (Å²) >= 11 is 3.79. The summed E-state index contributed by atoms with van der Waals surface area (Å²) in [7, 11) is 0. The lowest BCUT2D eigenvalue weighted by molar-refractivity contribution is 0.376. The quantitative estimate of drug-likeness (QED) is 0.455.